The molecule has 2 aliphatic carbocycles. The van der Waals surface area contributed by atoms with Gasteiger partial charge in [0.1, 0.15) is 0 Å². The third-order valence-electron chi connectivity index (χ3n) is 4.82. The highest BCUT2D eigenvalue weighted by atomic mass is 14.9. The van der Waals surface area contributed by atoms with Crippen molar-refractivity contribution < 1.29 is 0 Å². The Morgan fingerprint density at radius 3 is 1.69 bits per heavy atom. The average molecular weight is 181 g/mol. The third-order valence-corrected chi connectivity index (χ3v) is 4.82. The van der Waals surface area contributed by atoms with Crippen LogP contribution in [0.3, 0.4) is 0 Å². The van der Waals surface area contributed by atoms with E-state index in [4.69, 9.17) is 5.73 Å². The second-order valence-corrected chi connectivity index (χ2v) is 5.62. The van der Waals surface area contributed by atoms with Crippen LogP contribution in [-0.4, -0.2) is 6.04 Å². The van der Waals surface area contributed by atoms with Crippen LogP contribution < -0.4 is 5.73 Å². The molecule has 0 aromatic heterocycles. The lowest BCUT2D eigenvalue weighted by Crippen LogP contribution is -2.15. The van der Waals surface area contributed by atoms with Gasteiger partial charge in [-0.15, -0.1) is 0 Å². The molecule has 0 heterocycles. The number of hydrogen-bond donors (Lipinski definition) is 1. The largest absolute Gasteiger partial charge is 0.327 e. The van der Waals surface area contributed by atoms with Crippen molar-refractivity contribution in [3.05, 3.63) is 0 Å². The molecule has 1 nitrogen and oxygen atoms in total. The van der Waals surface area contributed by atoms with Crippen molar-refractivity contribution in [3.63, 3.8) is 0 Å². The molecule has 1 unspecified atom stereocenters. The molecule has 2 saturated carbocycles. The summed E-state index contributed by atoms with van der Waals surface area (Å²) in [7, 11) is 0. The summed E-state index contributed by atoms with van der Waals surface area (Å²) in [5.74, 6) is 0. The van der Waals surface area contributed by atoms with Gasteiger partial charge in [-0.2, -0.15) is 0 Å². The lowest BCUT2D eigenvalue weighted by molar-refractivity contribution is 0.288. The maximum atomic E-state index is 6.23. The molecule has 1 spiro atoms. The fourth-order valence-electron chi connectivity index (χ4n) is 3.48. The molecular formula is C12H23N. The van der Waals surface area contributed by atoms with Gasteiger partial charge in [-0.3, -0.25) is 0 Å². The first-order valence-electron chi connectivity index (χ1n) is 5.87. The van der Waals surface area contributed by atoms with E-state index in [-0.39, 0.29) is 0 Å². The van der Waals surface area contributed by atoms with Crippen molar-refractivity contribution in [1.82, 2.24) is 0 Å². The average Bonchev–Trinajstić information content (AvgIpc) is 2.42. The van der Waals surface area contributed by atoms with Crippen LogP contribution >= 0.6 is 0 Å². The van der Waals surface area contributed by atoms with E-state index in [0.29, 0.717) is 16.9 Å². The molecule has 0 radical (unpaired) electrons. The van der Waals surface area contributed by atoms with Crippen molar-refractivity contribution in [2.45, 2.75) is 64.8 Å². The SMILES string of the molecule is CC1(C)C(N)C12CCCCCCC2. The third kappa shape index (κ3) is 1.24. The smallest absolute Gasteiger partial charge is 0.0159 e. The normalized spacial score (nSPS) is 36.7. The molecule has 2 N–H and O–H groups in total. The van der Waals surface area contributed by atoms with Crippen LogP contribution in [0.4, 0.5) is 0 Å². The van der Waals surface area contributed by atoms with Gasteiger partial charge in [0.05, 0.1) is 0 Å². The van der Waals surface area contributed by atoms with E-state index in [1.807, 2.05) is 0 Å². The van der Waals surface area contributed by atoms with E-state index in [1.165, 1.54) is 44.9 Å². The maximum Gasteiger partial charge on any atom is 0.0159 e. The molecule has 0 aliphatic heterocycles. The van der Waals surface area contributed by atoms with E-state index in [1.54, 1.807) is 0 Å². The summed E-state index contributed by atoms with van der Waals surface area (Å²) in [6.07, 6.45) is 9.93. The Labute approximate surface area is 82.1 Å². The fourth-order valence-corrected chi connectivity index (χ4v) is 3.48. The molecule has 2 aliphatic rings. The van der Waals surface area contributed by atoms with Crippen molar-refractivity contribution in [1.29, 1.82) is 0 Å². The van der Waals surface area contributed by atoms with Gasteiger partial charge in [-0.1, -0.05) is 46.0 Å². The number of rotatable bonds is 0. The van der Waals surface area contributed by atoms with E-state index in [2.05, 4.69) is 13.8 Å². The Morgan fingerprint density at radius 1 is 0.923 bits per heavy atom. The standard InChI is InChI=1S/C12H23N/c1-11(2)10(13)12(11)8-6-4-3-5-7-9-12/h10H,3-9,13H2,1-2H3. The van der Waals surface area contributed by atoms with Crippen LogP contribution in [0.5, 0.6) is 0 Å². The molecular weight excluding hydrogens is 158 g/mol. The van der Waals surface area contributed by atoms with Gasteiger partial charge in [0.15, 0.2) is 0 Å². The van der Waals surface area contributed by atoms with E-state index in [0.717, 1.165) is 0 Å². The topological polar surface area (TPSA) is 26.0 Å². The predicted octanol–water partition coefficient (Wildman–Crippen LogP) is 3.08. The summed E-state index contributed by atoms with van der Waals surface area (Å²) < 4.78 is 0. The minimum Gasteiger partial charge on any atom is -0.327 e. The first kappa shape index (κ1) is 9.51. The van der Waals surface area contributed by atoms with Crippen LogP contribution in [-0.2, 0) is 0 Å². The van der Waals surface area contributed by atoms with Crippen LogP contribution in [0.15, 0.2) is 0 Å². The summed E-state index contributed by atoms with van der Waals surface area (Å²) in [6, 6.07) is 0.484. The fraction of sp³-hybridized carbons (Fsp3) is 1.00. The maximum absolute atomic E-state index is 6.23. The highest BCUT2D eigenvalue weighted by molar-refractivity contribution is 5.20. The lowest BCUT2D eigenvalue weighted by Gasteiger charge is -2.22. The Hall–Kier alpha value is -0.0400. The summed E-state index contributed by atoms with van der Waals surface area (Å²) in [5, 5.41) is 0. The molecule has 2 rings (SSSR count). The first-order valence-corrected chi connectivity index (χ1v) is 5.87. The van der Waals surface area contributed by atoms with Crippen LogP contribution in [0.1, 0.15) is 58.8 Å². The summed E-state index contributed by atoms with van der Waals surface area (Å²) in [5.41, 5.74) is 7.20. The Kier molecular flexibility index (Phi) is 2.18. The Morgan fingerprint density at radius 2 is 1.31 bits per heavy atom. The minimum absolute atomic E-state index is 0.435. The summed E-state index contributed by atoms with van der Waals surface area (Å²) in [6.45, 7) is 4.72. The number of hydrogen-bond acceptors (Lipinski definition) is 1. The lowest BCUT2D eigenvalue weighted by atomic mass is 9.83. The monoisotopic (exact) mass is 181 g/mol. The van der Waals surface area contributed by atoms with Crippen molar-refractivity contribution in [3.8, 4) is 0 Å². The van der Waals surface area contributed by atoms with Crippen LogP contribution in [0.2, 0.25) is 0 Å². The zero-order valence-corrected chi connectivity index (χ0v) is 9.10. The van der Waals surface area contributed by atoms with Gasteiger partial charge in [0.2, 0.25) is 0 Å². The molecule has 1 atom stereocenters. The van der Waals surface area contributed by atoms with Gasteiger partial charge < -0.3 is 5.73 Å². The quantitative estimate of drug-likeness (QED) is 0.610. The summed E-state index contributed by atoms with van der Waals surface area (Å²) in [4.78, 5) is 0. The van der Waals surface area contributed by atoms with Gasteiger partial charge >= 0.3 is 0 Å². The zero-order valence-electron chi connectivity index (χ0n) is 9.10. The van der Waals surface area contributed by atoms with E-state index < -0.39 is 0 Å². The van der Waals surface area contributed by atoms with Gasteiger partial charge in [0, 0.05) is 6.04 Å². The zero-order chi connectivity index (χ0) is 9.53. The molecule has 0 bridgehead atoms. The first-order chi connectivity index (χ1) is 6.11. The van der Waals surface area contributed by atoms with E-state index in [9.17, 15) is 0 Å². The second kappa shape index (κ2) is 2.98. The highest BCUT2D eigenvalue weighted by Crippen LogP contribution is 2.67. The molecule has 0 amide bonds. The Bertz CT molecular complexity index is 187. The second-order valence-electron chi connectivity index (χ2n) is 5.62. The van der Waals surface area contributed by atoms with Gasteiger partial charge in [0.25, 0.3) is 0 Å². The molecule has 0 aromatic carbocycles. The van der Waals surface area contributed by atoms with Gasteiger partial charge in [-0.05, 0) is 23.7 Å². The molecule has 1 heteroatoms. The van der Waals surface area contributed by atoms with Crippen molar-refractivity contribution >= 4 is 0 Å². The highest BCUT2D eigenvalue weighted by Gasteiger charge is 2.67. The molecule has 2 fully saturated rings. The Balaban J connectivity index is 2.05. The summed E-state index contributed by atoms with van der Waals surface area (Å²) >= 11 is 0. The molecule has 0 aromatic rings. The van der Waals surface area contributed by atoms with Crippen LogP contribution in [0, 0.1) is 10.8 Å². The van der Waals surface area contributed by atoms with E-state index >= 15 is 0 Å². The molecule has 13 heavy (non-hydrogen) atoms. The van der Waals surface area contributed by atoms with Crippen molar-refractivity contribution in [2.24, 2.45) is 16.6 Å². The van der Waals surface area contributed by atoms with Gasteiger partial charge in [-0.25, -0.2) is 0 Å². The van der Waals surface area contributed by atoms with Crippen molar-refractivity contribution in [2.75, 3.05) is 0 Å². The van der Waals surface area contributed by atoms with Crippen LogP contribution in [0.25, 0.3) is 0 Å². The minimum atomic E-state index is 0.435. The number of nitrogens with two attached hydrogens (primary N) is 1. The molecule has 76 valence electrons. The molecule has 0 saturated heterocycles. The predicted molar refractivity (Wildman–Crippen MR) is 56.5 cm³/mol.